The van der Waals surface area contributed by atoms with Gasteiger partial charge in [-0.1, -0.05) is 23.4 Å². The Bertz CT molecular complexity index is 868. The van der Waals surface area contributed by atoms with Gasteiger partial charge in [0.1, 0.15) is 5.75 Å². The molecule has 0 N–H and O–H groups in total. The van der Waals surface area contributed by atoms with E-state index in [4.69, 9.17) is 4.84 Å². The molecule has 6 nitrogen and oxygen atoms in total. The molecule has 1 aromatic carbocycles. The quantitative estimate of drug-likeness (QED) is 0.849. The molecule has 2 aliphatic heterocycles. The van der Waals surface area contributed by atoms with Crippen molar-refractivity contribution in [1.82, 2.24) is 9.88 Å². The molecule has 1 unspecified atom stereocenters. The highest BCUT2D eigenvalue weighted by atomic mass is 32.2. The number of benzene rings is 1. The number of sulfone groups is 1. The van der Waals surface area contributed by atoms with Crippen LogP contribution in [0.1, 0.15) is 18.4 Å². The second kappa shape index (κ2) is 5.59. The number of amidine groups is 1. The van der Waals surface area contributed by atoms with Gasteiger partial charge in [-0.05, 0) is 30.7 Å². The van der Waals surface area contributed by atoms with Gasteiger partial charge < -0.3 is 9.74 Å². The fourth-order valence-electron chi connectivity index (χ4n) is 3.31. The van der Waals surface area contributed by atoms with Crippen molar-refractivity contribution in [1.29, 1.82) is 0 Å². The van der Waals surface area contributed by atoms with Crippen molar-refractivity contribution >= 4 is 15.7 Å². The van der Waals surface area contributed by atoms with E-state index < -0.39 is 15.6 Å². The molecule has 0 radical (unpaired) electrons. The summed E-state index contributed by atoms with van der Waals surface area (Å²) in [6.45, 7) is 0.720. The first kappa shape index (κ1) is 15.1. The number of oxime groups is 1. The molecule has 0 spiro atoms. The van der Waals surface area contributed by atoms with Crippen molar-refractivity contribution in [3.63, 3.8) is 0 Å². The number of fused-ring (bicyclic) bond motifs is 1. The number of rotatable bonds is 4. The highest BCUT2D eigenvalue weighted by Crippen LogP contribution is 2.39. The SMILES string of the molecule is O=S(=O)(CC12CCCN1C(c1cccnc1)=NO2)c1ccccc1. The third-order valence-electron chi connectivity index (χ3n) is 4.44. The van der Waals surface area contributed by atoms with Gasteiger partial charge in [0.2, 0.25) is 5.72 Å². The van der Waals surface area contributed by atoms with Crippen LogP contribution in [0.5, 0.6) is 0 Å². The Morgan fingerprint density at radius 1 is 1.17 bits per heavy atom. The molecule has 0 saturated carbocycles. The smallest absolute Gasteiger partial charge is 0.225 e. The van der Waals surface area contributed by atoms with E-state index in [9.17, 15) is 8.42 Å². The van der Waals surface area contributed by atoms with Crippen LogP contribution in [0, 0.1) is 0 Å². The Labute approximate surface area is 140 Å². The molecule has 1 saturated heterocycles. The van der Waals surface area contributed by atoms with Gasteiger partial charge in [-0.15, -0.1) is 0 Å². The minimum Gasteiger partial charge on any atom is -0.364 e. The Morgan fingerprint density at radius 3 is 2.75 bits per heavy atom. The van der Waals surface area contributed by atoms with Crippen LogP contribution in [0.15, 0.2) is 64.9 Å². The molecule has 0 amide bonds. The zero-order valence-electron chi connectivity index (χ0n) is 13.0. The molecule has 2 aromatic rings. The average Bonchev–Trinajstić information content (AvgIpc) is 3.14. The molecule has 0 aliphatic carbocycles. The lowest BCUT2D eigenvalue weighted by molar-refractivity contribution is -0.0594. The average molecular weight is 343 g/mol. The van der Waals surface area contributed by atoms with Gasteiger partial charge in [-0.2, -0.15) is 0 Å². The van der Waals surface area contributed by atoms with E-state index in [2.05, 4.69) is 10.1 Å². The number of hydrogen-bond donors (Lipinski definition) is 0. The van der Waals surface area contributed by atoms with Crippen molar-refractivity contribution in [2.75, 3.05) is 12.3 Å². The maximum atomic E-state index is 12.8. The summed E-state index contributed by atoms with van der Waals surface area (Å²) >= 11 is 0. The molecule has 1 fully saturated rings. The van der Waals surface area contributed by atoms with Crippen molar-refractivity contribution in [2.24, 2.45) is 5.16 Å². The second-order valence-electron chi connectivity index (χ2n) is 6.02. The van der Waals surface area contributed by atoms with Crippen LogP contribution in [0.3, 0.4) is 0 Å². The Morgan fingerprint density at radius 2 is 2.00 bits per heavy atom. The second-order valence-corrected chi connectivity index (χ2v) is 8.01. The highest BCUT2D eigenvalue weighted by Gasteiger charge is 2.52. The summed E-state index contributed by atoms with van der Waals surface area (Å²) in [6, 6.07) is 12.2. The van der Waals surface area contributed by atoms with E-state index in [0.29, 0.717) is 17.2 Å². The molecule has 4 rings (SSSR count). The maximum absolute atomic E-state index is 12.8. The Balaban J connectivity index is 1.64. The molecule has 3 heterocycles. The first-order valence-electron chi connectivity index (χ1n) is 7.83. The van der Waals surface area contributed by atoms with Gasteiger partial charge in [0.05, 0.1) is 4.90 Å². The maximum Gasteiger partial charge on any atom is 0.225 e. The molecule has 124 valence electrons. The van der Waals surface area contributed by atoms with E-state index >= 15 is 0 Å². The van der Waals surface area contributed by atoms with Crippen molar-refractivity contribution in [3.8, 4) is 0 Å². The van der Waals surface area contributed by atoms with E-state index in [1.165, 1.54) is 0 Å². The summed E-state index contributed by atoms with van der Waals surface area (Å²) in [5.41, 5.74) is -0.0850. The summed E-state index contributed by atoms with van der Waals surface area (Å²) in [7, 11) is -3.47. The highest BCUT2D eigenvalue weighted by molar-refractivity contribution is 7.91. The van der Waals surface area contributed by atoms with Gasteiger partial charge in [-0.3, -0.25) is 4.98 Å². The van der Waals surface area contributed by atoms with E-state index in [1.54, 1.807) is 42.7 Å². The van der Waals surface area contributed by atoms with Crippen LogP contribution in [0.25, 0.3) is 0 Å². The van der Waals surface area contributed by atoms with Crippen molar-refractivity contribution in [2.45, 2.75) is 23.5 Å². The Kier molecular flexibility index (Phi) is 3.53. The van der Waals surface area contributed by atoms with Crippen LogP contribution < -0.4 is 0 Å². The monoisotopic (exact) mass is 343 g/mol. The van der Waals surface area contributed by atoms with Crippen LogP contribution in [-0.4, -0.2) is 42.2 Å². The zero-order chi connectivity index (χ0) is 16.6. The van der Waals surface area contributed by atoms with Gasteiger partial charge in [0.15, 0.2) is 15.7 Å². The van der Waals surface area contributed by atoms with E-state index in [0.717, 1.165) is 18.5 Å². The van der Waals surface area contributed by atoms with Crippen LogP contribution in [0.4, 0.5) is 0 Å². The van der Waals surface area contributed by atoms with Gasteiger partial charge >= 0.3 is 0 Å². The van der Waals surface area contributed by atoms with Crippen molar-refractivity contribution in [3.05, 3.63) is 60.4 Å². The van der Waals surface area contributed by atoms with Gasteiger partial charge in [-0.25, -0.2) is 8.42 Å². The summed E-state index contributed by atoms with van der Waals surface area (Å²) in [5, 5.41) is 4.18. The molecular formula is C17H17N3O3S. The molecular weight excluding hydrogens is 326 g/mol. The minimum absolute atomic E-state index is 0.114. The first-order valence-corrected chi connectivity index (χ1v) is 9.48. The van der Waals surface area contributed by atoms with Crippen molar-refractivity contribution < 1.29 is 13.3 Å². The normalized spacial score (nSPS) is 22.8. The van der Waals surface area contributed by atoms with Crippen LogP contribution >= 0.6 is 0 Å². The number of pyridine rings is 1. The molecule has 2 aliphatic rings. The summed E-state index contributed by atoms with van der Waals surface area (Å²) in [4.78, 5) is 12.1. The lowest BCUT2D eigenvalue weighted by Gasteiger charge is -2.30. The van der Waals surface area contributed by atoms with Crippen LogP contribution in [-0.2, 0) is 14.7 Å². The lowest BCUT2D eigenvalue weighted by Crippen LogP contribution is -2.48. The number of nitrogens with zero attached hydrogens (tertiary/aromatic N) is 3. The number of aromatic nitrogens is 1. The third kappa shape index (κ3) is 2.45. The minimum atomic E-state index is -3.47. The standard InChI is InChI=1S/C17H17N3O3S/c21-24(22,15-7-2-1-3-8-15)13-17-9-5-11-20(17)16(19-23-17)14-6-4-10-18-12-14/h1-4,6-8,10,12H,5,9,11,13H2. The molecule has 1 atom stereocenters. The van der Waals surface area contributed by atoms with E-state index in [-0.39, 0.29) is 5.75 Å². The molecule has 1 aromatic heterocycles. The lowest BCUT2D eigenvalue weighted by atomic mass is 10.1. The predicted octanol–water partition coefficient (Wildman–Crippen LogP) is 2.04. The largest absolute Gasteiger partial charge is 0.364 e. The van der Waals surface area contributed by atoms with Crippen LogP contribution in [0.2, 0.25) is 0 Å². The number of hydrogen-bond acceptors (Lipinski definition) is 6. The predicted molar refractivity (Wildman–Crippen MR) is 89.0 cm³/mol. The molecule has 0 bridgehead atoms. The zero-order valence-corrected chi connectivity index (χ0v) is 13.8. The van der Waals surface area contributed by atoms with Gasteiger partial charge in [0, 0.05) is 30.9 Å². The van der Waals surface area contributed by atoms with Gasteiger partial charge in [0.25, 0.3) is 0 Å². The molecule has 7 heteroatoms. The Hall–Kier alpha value is -2.41. The summed E-state index contributed by atoms with van der Waals surface area (Å²) in [6.07, 6.45) is 4.90. The fourth-order valence-corrected chi connectivity index (χ4v) is 5.00. The fraction of sp³-hybridized carbons (Fsp3) is 0.294. The van der Waals surface area contributed by atoms with E-state index in [1.807, 2.05) is 17.0 Å². The molecule has 24 heavy (non-hydrogen) atoms. The summed E-state index contributed by atoms with van der Waals surface area (Å²) < 4.78 is 25.6. The summed E-state index contributed by atoms with van der Waals surface area (Å²) in [5.74, 6) is 0.543. The topological polar surface area (TPSA) is 71.9 Å². The third-order valence-corrected chi connectivity index (χ3v) is 6.26. The first-order chi connectivity index (χ1) is 11.6.